The third-order valence-electron chi connectivity index (χ3n) is 3.23. The van der Waals surface area contributed by atoms with Crippen molar-refractivity contribution in [2.75, 3.05) is 26.2 Å². The van der Waals surface area contributed by atoms with Gasteiger partial charge in [0.2, 0.25) is 0 Å². The van der Waals surface area contributed by atoms with Crippen molar-refractivity contribution in [3.63, 3.8) is 0 Å². The van der Waals surface area contributed by atoms with Gasteiger partial charge in [-0.2, -0.15) is 18.3 Å². The minimum Gasteiger partial charge on any atom is -0.313 e. The lowest BCUT2D eigenvalue weighted by atomic mass is 10.2. The van der Waals surface area contributed by atoms with Crippen LogP contribution in [0.4, 0.5) is 13.2 Å². The molecule has 1 aliphatic heterocycles. The molecule has 108 valence electrons. The Balaban J connectivity index is 1.58. The molecule has 2 heterocycles. The Bertz CT molecular complexity index is 364. The number of alkyl halides is 3. The van der Waals surface area contributed by atoms with Crippen LogP contribution in [0, 0.1) is 0 Å². The molecule has 2 rings (SSSR count). The van der Waals surface area contributed by atoms with Gasteiger partial charge in [-0.15, -0.1) is 0 Å². The molecule has 1 aliphatic rings. The van der Waals surface area contributed by atoms with Crippen LogP contribution in [-0.2, 0) is 6.54 Å². The van der Waals surface area contributed by atoms with Gasteiger partial charge in [0.25, 0.3) is 0 Å². The fourth-order valence-electron chi connectivity index (χ4n) is 2.38. The molecule has 19 heavy (non-hydrogen) atoms. The van der Waals surface area contributed by atoms with Crippen LogP contribution < -0.4 is 5.32 Å². The summed E-state index contributed by atoms with van der Waals surface area (Å²) in [5.74, 6) is 0. The summed E-state index contributed by atoms with van der Waals surface area (Å²) in [7, 11) is 0. The number of halogens is 3. The van der Waals surface area contributed by atoms with E-state index < -0.39 is 12.7 Å². The maximum Gasteiger partial charge on any atom is 0.401 e. The second kappa shape index (κ2) is 6.38. The molecule has 0 aromatic carbocycles. The summed E-state index contributed by atoms with van der Waals surface area (Å²) in [6.45, 7) is 1.86. The second-order valence-corrected chi connectivity index (χ2v) is 4.91. The van der Waals surface area contributed by atoms with Crippen LogP contribution in [0.15, 0.2) is 18.5 Å². The summed E-state index contributed by atoms with van der Waals surface area (Å²) in [6.07, 6.45) is 1.27. The standard InChI is InChI=1S/C12H19F3N4/c13-12(14,15)10-18-8-3-11(9-18)16-4-1-6-19-7-2-5-17-19/h2,5,7,11,16H,1,3-4,6,8-10H2. The molecule has 0 aliphatic carbocycles. The molecule has 1 unspecified atom stereocenters. The number of aryl methyl sites for hydroxylation is 1. The fraction of sp³-hybridized carbons (Fsp3) is 0.750. The predicted octanol–water partition coefficient (Wildman–Crippen LogP) is 1.50. The number of hydrogen-bond acceptors (Lipinski definition) is 3. The highest BCUT2D eigenvalue weighted by Gasteiger charge is 2.34. The highest BCUT2D eigenvalue weighted by molar-refractivity contribution is 4.82. The van der Waals surface area contributed by atoms with E-state index in [2.05, 4.69) is 10.4 Å². The number of aromatic nitrogens is 2. The number of nitrogens with one attached hydrogen (secondary N) is 1. The average molecular weight is 276 g/mol. The van der Waals surface area contributed by atoms with Gasteiger partial charge in [0.15, 0.2) is 0 Å². The van der Waals surface area contributed by atoms with Gasteiger partial charge >= 0.3 is 6.18 Å². The van der Waals surface area contributed by atoms with Crippen molar-refractivity contribution >= 4 is 0 Å². The molecule has 1 aromatic rings. The third-order valence-corrected chi connectivity index (χ3v) is 3.23. The van der Waals surface area contributed by atoms with E-state index in [4.69, 9.17) is 0 Å². The molecule has 0 bridgehead atoms. The Hall–Kier alpha value is -1.08. The lowest BCUT2D eigenvalue weighted by Crippen LogP contribution is -2.37. The lowest BCUT2D eigenvalue weighted by molar-refractivity contribution is -0.143. The molecule has 1 atom stereocenters. The van der Waals surface area contributed by atoms with Crippen molar-refractivity contribution < 1.29 is 13.2 Å². The van der Waals surface area contributed by atoms with Crippen molar-refractivity contribution in [1.82, 2.24) is 20.0 Å². The minimum absolute atomic E-state index is 0.181. The number of nitrogens with zero attached hydrogens (tertiary/aromatic N) is 3. The fourth-order valence-corrected chi connectivity index (χ4v) is 2.38. The third kappa shape index (κ3) is 5.20. The van der Waals surface area contributed by atoms with Crippen LogP contribution >= 0.6 is 0 Å². The van der Waals surface area contributed by atoms with Crippen molar-refractivity contribution in [3.05, 3.63) is 18.5 Å². The largest absolute Gasteiger partial charge is 0.401 e. The molecule has 1 saturated heterocycles. The van der Waals surface area contributed by atoms with Crippen molar-refractivity contribution in [2.24, 2.45) is 0 Å². The van der Waals surface area contributed by atoms with Gasteiger partial charge in [0.1, 0.15) is 0 Å². The van der Waals surface area contributed by atoms with Crippen LogP contribution in [0.25, 0.3) is 0 Å². The maximum atomic E-state index is 12.2. The second-order valence-electron chi connectivity index (χ2n) is 4.91. The van der Waals surface area contributed by atoms with Crippen LogP contribution in [0.3, 0.4) is 0 Å². The molecule has 0 saturated carbocycles. The van der Waals surface area contributed by atoms with E-state index in [0.717, 1.165) is 25.9 Å². The van der Waals surface area contributed by atoms with Gasteiger partial charge < -0.3 is 5.32 Å². The first-order valence-electron chi connectivity index (χ1n) is 6.53. The van der Waals surface area contributed by atoms with Gasteiger partial charge in [0.05, 0.1) is 6.54 Å². The molecule has 1 aromatic heterocycles. The van der Waals surface area contributed by atoms with Gasteiger partial charge in [-0.1, -0.05) is 0 Å². The van der Waals surface area contributed by atoms with Crippen LogP contribution in [0.2, 0.25) is 0 Å². The molecule has 0 amide bonds. The van der Waals surface area contributed by atoms with E-state index in [9.17, 15) is 13.2 Å². The highest BCUT2D eigenvalue weighted by Crippen LogP contribution is 2.19. The Morgan fingerprint density at radius 1 is 1.37 bits per heavy atom. The molecule has 0 radical (unpaired) electrons. The molecular formula is C12H19F3N4. The molecule has 1 fully saturated rings. The van der Waals surface area contributed by atoms with E-state index in [-0.39, 0.29) is 6.04 Å². The van der Waals surface area contributed by atoms with Crippen LogP contribution in [0.5, 0.6) is 0 Å². The zero-order valence-corrected chi connectivity index (χ0v) is 10.7. The summed E-state index contributed by atoms with van der Waals surface area (Å²) in [6, 6.07) is 2.05. The zero-order chi connectivity index (χ0) is 13.7. The first-order valence-corrected chi connectivity index (χ1v) is 6.53. The number of rotatable bonds is 6. The van der Waals surface area contributed by atoms with Gasteiger partial charge in [-0.3, -0.25) is 9.58 Å². The van der Waals surface area contributed by atoms with Crippen molar-refractivity contribution in [2.45, 2.75) is 31.6 Å². The van der Waals surface area contributed by atoms with Gasteiger partial charge in [0, 0.05) is 38.1 Å². The van der Waals surface area contributed by atoms with Crippen LogP contribution in [-0.4, -0.2) is 53.1 Å². The summed E-state index contributed by atoms with van der Waals surface area (Å²) >= 11 is 0. The normalized spacial score (nSPS) is 21.1. The van der Waals surface area contributed by atoms with Crippen LogP contribution in [0.1, 0.15) is 12.8 Å². The Kier molecular flexibility index (Phi) is 4.81. The van der Waals surface area contributed by atoms with Gasteiger partial charge in [-0.05, 0) is 25.5 Å². The zero-order valence-electron chi connectivity index (χ0n) is 10.7. The maximum absolute atomic E-state index is 12.2. The quantitative estimate of drug-likeness (QED) is 0.799. The summed E-state index contributed by atoms with van der Waals surface area (Å²) in [5.41, 5.74) is 0. The minimum atomic E-state index is -4.09. The highest BCUT2D eigenvalue weighted by atomic mass is 19.4. The summed E-state index contributed by atoms with van der Waals surface area (Å²) < 4.78 is 38.5. The Morgan fingerprint density at radius 2 is 2.21 bits per heavy atom. The topological polar surface area (TPSA) is 33.1 Å². The number of hydrogen-bond donors (Lipinski definition) is 1. The van der Waals surface area contributed by atoms with E-state index in [1.54, 1.807) is 6.20 Å². The molecule has 7 heteroatoms. The molecule has 0 spiro atoms. The van der Waals surface area contributed by atoms with E-state index in [0.29, 0.717) is 13.1 Å². The van der Waals surface area contributed by atoms with E-state index >= 15 is 0 Å². The molecule has 1 N–H and O–H groups in total. The first kappa shape index (κ1) is 14.3. The molecular weight excluding hydrogens is 257 g/mol. The Labute approximate surface area is 110 Å². The lowest BCUT2D eigenvalue weighted by Gasteiger charge is -2.18. The Morgan fingerprint density at radius 3 is 2.89 bits per heavy atom. The molecule has 4 nitrogen and oxygen atoms in total. The monoisotopic (exact) mass is 276 g/mol. The van der Waals surface area contributed by atoms with Gasteiger partial charge in [-0.25, -0.2) is 0 Å². The predicted molar refractivity (Wildman–Crippen MR) is 65.7 cm³/mol. The summed E-state index contributed by atoms with van der Waals surface area (Å²) in [5, 5.41) is 7.40. The number of likely N-dealkylation sites (tertiary alicyclic amines) is 1. The first-order chi connectivity index (χ1) is 9.03. The van der Waals surface area contributed by atoms with E-state index in [1.165, 1.54) is 4.90 Å². The van der Waals surface area contributed by atoms with Crippen molar-refractivity contribution in [3.8, 4) is 0 Å². The summed E-state index contributed by atoms with van der Waals surface area (Å²) in [4.78, 5) is 1.46. The van der Waals surface area contributed by atoms with E-state index in [1.807, 2.05) is 16.9 Å². The smallest absolute Gasteiger partial charge is 0.313 e. The SMILES string of the molecule is FC(F)(F)CN1CCC(NCCCn2cccn2)C1. The van der Waals surface area contributed by atoms with Crippen molar-refractivity contribution in [1.29, 1.82) is 0 Å². The average Bonchev–Trinajstić information content (AvgIpc) is 2.94.